The first kappa shape index (κ1) is 17.1. The molecule has 0 aliphatic carbocycles. The van der Waals surface area contributed by atoms with Gasteiger partial charge in [0.1, 0.15) is 11.6 Å². The average molecular weight is 343 g/mol. The van der Waals surface area contributed by atoms with E-state index < -0.39 is 5.56 Å². The van der Waals surface area contributed by atoms with Crippen LogP contribution < -0.4 is 11.0 Å². The lowest BCUT2D eigenvalue weighted by Crippen LogP contribution is -2.16. The molecule has 0 saturated carbocycles. The molecule has 26 heavy (non-hydrogen) atoms. The van der Waals surface area contributed by atoms with Gasteiger partial charge in [0.25, 0.3) is 5.56 Å². The van der Waals surface area contributed by atoms with Gasteiger partial charge in [0.05, 0.1) is 11.9 Å². The molecule has 0 unspecified atom stereocenters. The first-order chi connectivity index (χ1) is 12.6. The van der Waals surface area contributed by atoms with Crippen molar-refractivity contribution >= 4 is 12.2 Å². The number of nitriles is 1. The second kappa shape index (κ2) is 7.45. The topological polar surface area (TPSA) is 93.9 Å². The smallest absolute Gasteiger partial charge is 0.270 e. The molecule has 2 N–H and O–H groups in total. The fraction of sp³-hybridized carbons (Fsp3) is 0.100. The lowest BCUT2D eigenvalue weighted by molar-refractivity contribution is 1.08. The van der Waals surface area contributed by atoms with Crippen LogP contribution in [-0.2, 0) is 0 Å². The van der Waals surface area contributed by atoms with Gasteiger partial charge in [-0.1, -0.05) is 54.1 Å². The summed E-state index contributed by atoms with van der Waals surface area (Å²) in [5.41, 5.74) is 6.40. The van der Waals surface area contributed by atoms with Crippen molar-refractivity contribution in [3.8, 4) is 17.3 Å². The summed E-state index contributed by atoms with van der Waals surface area (Å²) in [4.78, 5) is 19.1. The van der Waals surface area contributed by atoms with Crippen molar-refractivity contribution in [1.29, 1.82) is 5.26 Å². The Balaban J connectivity index is 1.93. The maximum atomic E-state index is 12.2. The van der Waals surface area contributed by atoms with Gasteiger partial charge in [-0.05, 0) is 25.0 Å². The van der Waals surface area contributed by atoms with Crippen molar-refractivity contribution in [2.24, 2.45) is 5.10 Å². The summed E-state index contributed by atoms with van der Waals surface area (Å²) in [6.07, 6.45) is 1.67. The van der Waals surface area contributed by atoms with Gasteiger partial charge in [0.15, 0.2) is 0 Å². The Bertz CT molecular complexity index is 1060. The number of anilines is 1. The molecule has 0 amide bonds. The van der Waals surface area contributed by atoms with Crippen LogP contribution in [0, 0.1) is 25.2 Å². The van der Waals surface area contributed by atoms with Gasteiger partial charge >= 0.3 is 0 Å². The summed E-state index contributed by atoms with van der Waals surface area (Å²) in [5.74, 6) is 0.175. The third-order valence-electron chi connectivity index (χ3n) is 3.89. The van der Waals surface area contributed by atoms with Crippen molar-refractivity contribution in [3.63, 3.8) is 0 Å². The van der Waals surface area contributed by atoms with Crippen LogP contribution in [0.15, 0.2) is 58.4 Å². The van der Waals surface area contributed by atoms with E-state index in [0.717, 1.165) is 16.7 Å². The number of hydrogen-bond acceptors (Lipinski definition) is 5. The Hall–Kier alpha value is -3.72. The van der Waals surface area contributed by atoms with E-state index in [2.05, 4.69) is 20.5 Å². The standard InChI is InChI=1S/C20H17N5O/c1-13-8-9-14(2)16(10-13)12-22-25-20-23-18(15-6-4-3-5-7-15)17(11-21)19(26)24-20/h3-10,12H,1-2H3,(H2,23,24,25,26). The monoisotopic (exact) mass is 343 g/mol. The highest BCUT2D eigenvalue weighted by molar-refractivity contribution is 5.82. The zero-order chi connectivity index (χ0) is 18.5. The van der Waals surface area contributed by atoms with Crippen molar-refractivity contribution in [2.75, 3.05) is 5.43 Å². The molecule has 0 atom stereocenters. The molecule has 3 aromatic rings. The number of nitrogens with one attached hydrogen (secondary N) is 2. The highest BCUT2D eigenvalue weighted by Crippen LogP contribution is 2.19. The van der Waals surface area contributed by atoms with Crippen LogP contribution >= 0.6 is 0 Å². The maximum Gasteiger partial charge on any atom is 0.270 e. The SMILES string of the molecule is Cc1ccc(C)c(C=NNc2nc(-c3ccccc3)c(C#N)c(=O)[nH]2)c1. The fourth-order valence-corrected chi connectivity index (χ4v) is 2.50. The highest BCUT2D eigenvalue weighted by atomic mass is 16.1. The van der Waals surface area contributed by atoms with Crippen LogP contribution in [0.2, 0.25) is 0 Å². The predicted molar refractivity (Wildman–Crippen MR) is 102 cm³/mol. The molecule has 0 spiro atoms. The van der Waals surface area contributed by atoms with Crippen molar-refractivity contribution < 1.29 is 0 Å². The first-order valence-corrected chi connectivity index (χ1v) is 8.04. The normalized spacial score (nSPS) is 10.7. The quantitative estimate of drug-likeness (QED) is 0.561. The molecule has 128 valence electrons. The Labute approximate surface area is 150 Å². The second-order valence-corrected chi connectivity index (χ2v) is 5.85. The molecule has 0 aliphatic heterocycles. The number of benzene rings is 2. The summed E-state index contributed by atoms with van der Waals surface area (Å²) < 4.78 is 0. The third-order valence-corrected chi connectivity index (χ3v) is 3.89. The van der Waals surface area contributed by atoms with Gasteiger partial charge < -0.3 is 0 Å². The number of aromatic amines is 1. The number of hydrogen-bond donors (Lipinski definition) is 2. The van der Waals surface area contributed by atoms with Gasteiger partial charge in [-0.2, -0.15) is 10.4 Å². The zero-order valence-corrected chi connectivity index (χ0v) is 14.4. The van der Waals surface area contributed by atoms with E-state index in [1.807, 2.05) is 56.3 Å². The second-order valence-electron chi connectivity index (χ2n) is 5.85. The van der Waals surface area contributed by atoms with E-state index in [0.29, 0.717) is 11.3 Å². The molecule has 1 aromatic heterocycles. The molecular weight excluding hydrogens is 326 g/mol. The highest BCUT2D eigenvalue weighted by Gasteiger charge is 2.12. The molecule has 2 aromatic carbocycles. The summed E-state index contributed by atoms with van der Waals surface area (Å²) in [5, 5.41) is 13.4. The number of H-pyrrole nitrogens is 1. The van der Waals surface area contributed by atoms with E-state index >= 15 is 0 Å². The molecule has 6 heteroatoms. The van der Waals surface area contributed by atoms with Crippen molar-refractivity contribution in [3.05, 3.63) is 81.1 Å². The van der Waals surface area contributed by atoms with E-state index in [-0.39, 0.29) is 11.5 Å². The van der Waals surface area contributed by atoms with Crippen LogP contribution in [0.25, 0.3) is 11.3 Å². The molecule has 0 radical (unpaired) electrons. The van der Waals surface area contributed by atoms with E-state index in [1.54, 1.807) is 18.3 Å². The number of rotatable bonds is 4. The molecule has 1 heterocycles. The Morgan fingerprint density at radius 2 is 1.96 bits per heavy atom. The van der Waals surface area contributed by atoms with Gasteiger partial charge in [-0.25, -0.2) is 10.4 Å². The van der Waals surface area contributed by atoms with Crippen LogP contribution in [0.1, 0.15) is 22.3 Å². The van der Waals surface area contributed by atoms with Gasteiger partial charge in [0, 0.05) is 5.56 Å². The Morgan fingerprint density at radius 3 is 2.69 bits per heavy atom. The molecule has 6 nitrogen and oxygen atoms in total. The predicted octanol–water partition coefficient (Wildman–Crippen LogP) is 3.37. The number of nitrogens with zero attached hydrogens (tertiary/aromatic N) is 3. The molecule has 0 fully saturated rings. The lowest BCUT2D eigenvalue weighted by atomic mass is 10.1. The number of aromatic nitrogens is 2. The molecule has 3 rings (SSSR count). The summed E-state index contributed by atoms with van der Waals surface area (Å²) in [6, 6.07) is 17.1. The van der Waals surface area contributed by atoms with Crippen molar-refractivity contribution in [2.45, 2.75) is 13.8 Å². The number of aryl methyl sites for hydroxylation is 2. The Morgan fingerprint density at radius 1 is 1.19 bits per heavy atom. The minimum absolute atomic E-state index is 0.0275. The maximum absolute atomic E-state index is 12.2. The van der Waals surface area contributed by atoms with Crippen LogP contribution in [0.5, 0.6) is 0 Å². The minimum Gasteiger partial charge on any atom is -0.290 e. The zero-order valence-electron chi connectivity index (χ0n) is 14.4. The van der Waals surface area contributed by atoms with Gasteiger partial charge in [-0.15, -0.1) is 0 Å². The van der Waals surface area contributed by atoms with Crippen molar-refractivity contribution in [1.82, 2.24) is 9.97 Å². The van der Waals surface area contributed by atoms with Gasteiger partial charge in [-0.3, -0.25) is 9.78 Å². The minimum atomic E-state index is -0.509. The summed E-state index contributed by atoms with van der Waals surface area (Å²) >= 11 is 0. The lowest BCUT2D eigenvalue weighted by Gasteiger charge is -2.06. The fourth-order valence-electron chi connectivity index (χ4n) is 2.50. The third kappa shape index (κ3) is 3.68. The molecule has 0 bridgehead atoms. The Kier molecular flexibility index (Phi) is 4.90. The van der Waals surface area contributed by atoms with E-state index in [9.17, 15) is 10.1 Å². The first-order valence-electron chi connectivity index (χ1n) is 8.04. The molecule has 0 saturated heterocycles. The summed E-state index contributed by atoms with van der Waals surface area (Å²) in [7, 11) is 0. The van der Waals surface area contributed by atoms with Crippen LogP contribution in [0.3, 0.4) is 0 Å². The van der Waals surface area contributed by atoms with Crippen LogP contribution in [0.4, 0.5) is 5.95 Å². The van der Waals surface area contributed by atoms with E-state index in [1.165, 1.54) is 0 Å². The molecular formula is C20H17N5O. The summed E-state index contributed by atoms with van der Waals surface area (Å²) in [6.45, 7) is 4.01. The average Bonchev–Trinajstić information content (AvgIpc) is 2.65. The van der Waals surface area contributed by atoms with Gasteiger partial charge in [0.2, 0.25) is 5.95 Å². The largest absolute Gasteiger partial charge is 0.290 e. The van der Waals surface area contributed by atoms with E-state index in [4.69, 9.17) is 0 Å². The van der Waals surface area contributed by atoms with Crippen LogP contribution in [-0.4, -0.2) is 16.2 Å². The molecule has 0 aliphatic rings. The number of hydrazone groups is 1.